The van der Waals surface area contributed by atoms with E-state index in [9.17, 15) is 30.0 Å². The van der Waals surface area contributed by atoms with Crippen molar-refractivity contribution in [3.63, 3.8) is 0 Å². The first-order valence-electron chi connectivity index (χ1n) is 9.04. The second kappa shape index (κ2) is 9.82. The van der Waals surface area contributed by atoms with Crippen molar-refractivity contribution in [1.29, 1.82) is 0 Å². The highest BCUT2D eigenvalue weighted by Crippen LogP contribution is 2.26. The molecule has 4 atom stereocenters. The number of carbonyl (C=O) groups is 2. The molecule has 1 aliphatic rings. The Hall–Kier alpha value is -1.96. The third-order valence-corrected chi connectivity index (χ3v) is 4.62. The largest absolute Gasteiger partial charge is 0.513 e. The van der Waals surface area contributed by atoms with Gasteiger partial charge in [-0.1, -0.05) is 32.1 Å². The minimum absolute atomic E-state index is 0.172. The first kappa shape index (κ1) is 23.1. The Morgan fingerprint density at radius 1 is 1.30 bits per heavy atom. The zero-order chi connectivity index (χ0) is 20.8. The van der Waals surface area contributed by atoms with Crippen molar-refractivity contribution < 1.29 is 34.8 Å². The van der Waals surface area contributed by atoms with Crippen LogP contribution in [0.25, 0.3) is 0 Å². The highest BCUT2D eigenvalue weighted by molar-refractivity contribution is 6.03. The van der Waals surface area contributed by atoms with Crippen molar-refractivity contribution in [3.05, 3.63) is 35.6 Å². The number of esters is 1. The predicted octanol–water partition coefficient (Wildman–Crippen LogP) is 1.58. The average Bonchev–Trinajstić information content (AvgIpc) is 2.61. The Kier molecular flexibility index (Phi) is 8.40. The monoisotopic (exact) mass is 382 g/mol. The van der Waals surface area contributed by atoms with Crippen LogP contribution in [-0.4, -0.2) is 57.1 Å². The number of ether oxygens (including phenoxy) is 1. The van der Waals surface area contributed by atoms with Gasteiger partial charge in [-0.2, -0.15) is 0 Å². The maximum Gasteiger partial charge on any atom is 0.316 e. The van der Waals surface area contributed by atoms with Gasteiger partial charge in [0.25, 0.3) is 0 Å². The van der Waals surface area contributed by atoms with Gasteiger partial charge in [0.05, 0.1) is 19.0 Å². The summed E-state index contributed by atoms with van der Waals surface area (Å²) in [6.07, 6.45) is 2.71. The molecule has 0 saturated heterocycles. The Labute approximate surface area is 159 Å². The third-order valence-electron chi connectivity index (χ3n) is 4.62. The molecule has 0 bridgehead atoms. The van der Waals surface area contributed by atoms with E-state index in [1.165, 1.54) is 13.0 Å². The smallest absolute Gasteiger partial charge is 0.316 e. The fraction of sp³-hybridized carbons (Fsp3) is 0.600. The van der Waals surface area contributed by atoms with Crippen molar-refractivity contribution in [2.75, 3.05) is 13.2 Å². The van der Waals surface area contributed by atoms with Gasteiger partial charge in [0.1, 0.15) is 12.0 Å². The maximum absolute atomic E-state index is 12.6. The van der Waals surface area contributed by atoms with Crippen molar-refractivity contribution in [3.8, 4) is 0 Å². The molecule has 7 heteroatoms. The quantitative estimate of drug-likeness (QED) is 0.431. The number of Topliss-reactive ketones (excluding diaryl/α,β-unsaturated/α-hetero) is 1. The molecule has 7 nitrogen and oxygen atoms in total. The number of rotatable bonds is 3. The minimum Gasteiger partial charge on any atom is -0.513 e. The number of carbonyl (C=O) groups excluding carboxylic acids is 2. The summed E-state index contributed by atoms with van der Waals surface area (Å²) in [6, 6.07) is 0. The standard InChI is InChI=1S/C20H30O7/c1-5-17-15(10-21)7-12(2)6-13(3)8-16(23)9-20(26,11-22)18(24)14(4)19(25)27-17/h7-8,13-14,17,21-23,26H,2,5-6,9-11H2,1,3-4H3/b15-7+,16-8-/t13-,14+,17-,20?/m0/s1. The first-order chi connectivity index (χ1) is 12.6. The molecule has 0 fully saturated rings. The van der Waals surface area contributed by atoms with Crippen LogP contribution in [0.2, 0.25) is 0 Å². The molecule has 1 rings (SSSR count). The molecule has 27 heavy (non-hydrogen) atoms. The van der Waals surface area contributed by atoms with E-state index in [-0.39, 0.29) is 18.3 Å². The van der Waals surface area contributed by atoms with Gasteiger partial charge in [0.2, 0.25) is 0 Å². The molecule has 0 saturated carbocycles. The lowest BCUT2D eigenvalue weighted by Crippen LogP contribution is -2.48. The van der Waals surface area contributed by atoms with E-state index in [1.54, 1.807) is 13.0 Å². The van der Waals surface area contributed by atoms with Crippen molar-refractivity contribution >= 4 is 11.8 Å². The zero-order valence-electron chi connectivity index (χ0n) is 16.1. The van der Waals surface area contributed by atoms with Crippen LogP contribution in [0.15, 0.2) is 35.6 Å². The topological polar surface area (TPSA) is 124 Å². The van der Waals surface area contributed by atoms with Crippen LogP contribution < -0.4 is 0 Å². The van der Waals surface area contributed by atoms with Crippen LogP contribution in [0.5, 0.6) is 0 Å². The molecule has 1 heterocycles. The summed E-state index contributed by atoms with van der Waals surface area (Å²) in [6.45, 7) is 7.51. The summed E-state index contributed by atoms with van der Waals surface area (Å²) in [7, 11) is 0. The van der Waals surface area contributed by atoms with Crippen LogP contribution in [-0.2, 0) is 14.3 Å². The summed E-state index contributed by atoms with van der Waals surface area (Å²) in [4.78, 5) is 25.0. The molecule has 0 aromatic heterocycles. The second-order valence-corrected chi connectivity index (χ2v) is 7.16. The van der Waals surface area contributed by atoms with Crippen LogP contribution in [0, 0.1) is 11.8 Å². The van der Waals surface area contributed by atoms with Gasteiger partial charge >= 0.3 is 5.97 Å². The highest BCUT2D eigenvalue weighted by Gasteiger charge is 2.42. The van der Waals surface area contributed by atoms with Gasteiger partial charge < -0.3 is 25.2 Å². The predicted molar refractivity (Wildman–Crippen MR) is 99.8 cm³/mol. The third kappa shape index (κ3) is 6.02. The number of hydrogen-bond acceptors (Lipinski definition) is 7. The van der Waals surface area contributed by atoms with E-state index in [0.29, 0.717) is 24.0 Å². The number of allylic oxidation sites excluding steroid dienone is 3. The molecule has 0 aliphatic carbocycles. The van der Waals surface area contributed by atoms with E-state index in [2.05, 4.69) is 6.58 Å². The maximum atomic E-state index is 12.6. The second-order valence-electron chi connectivity index (χ2n) is 7.16. The van der Waals surface area contributed by atoms with Crippen LogP contribution in [0.3, 0.4) is 0 Å². The lowest BCUT2D eigenvalue weighted by Gasteiger charge is -2.28. The van der Waals surface area contributed by atoms with Crippen molar-refractivity contribution in [2.24, 2.45) is 11.8 Å². The molecule has 0 radical (unpaired) electrons. The average molecular weight is 382 g/mol. The van der Waals surface area contributed by atoms with Gasteiger partial charge in [-0.25, -0.2) is 0 Å². The highest BCUT2D eigenvalue weighted by atomic mass is 16.5. The zero-order valence-corrected chi connectivity index (χ0v) is 16.1. The summed E-state index contributed by atoms with van der Waals surface area (Å²) in [5, 5.41) is 39.8. The number of cyclic esters (lactones) is 1. The number of aliphatic hydroxyl groups is 4. The molecular weight excluding hydrogens is 352 g/mol. The van der Waals surface area contributed by atoms with Gasteiger partial charge in [-0.15, -0.1) is 0 Å². The van der Waals surface area contributed by atoms with E-state index in [0.717, 1.165) is 0 Å². The van der Waals surface area contributed by atoms with Gasteiger partial charge in [0.15, 0.2) is 11.4 Å². The normalized spacial score (nSPS) is 35.5. The lowest BCUT2D eigenvalue weighted by atomic mass is 9.86. The molecular formula is C20H30O7. The molecule has 0 aromatic rings. The minimum atomic E-state index is -2.29. The van der Waals surface area contributed by atoms with Gasteiger partial charge in [0, 0.05) is 6.42 Å². The number of ketones is 1. The van der Waals surface area contributed by atoms with E-state index >= 15 is 0 Å². The summed E-state index contributed by atoms with van der Waals surface area (Å²) < 4.78 is 5.37. The molecule has 0 aromatic carbocycles. The van der Waals surface area contributed by atoms with Gasteiger partial charge in [-0.05, 0) is 37.3 Å². The van der Waals surface area contributed by atoms with Crippen molar-refractivity contribution in [1.82, 2.24) is 0 Å². The Morgan fingerprint density at radius 2 is 1.93 bits per heavy atom. The Bertz CT molecular complexity index is 634. The Morgan fingerprint density at radius 3 is 2.44 bits per heavy atom. The molecule has 4 N–H and O–H groups in total. The molecule has 0 amide bonds. The molecule has 1 aliphatic heterocycles. The Balaban J connectivity index is 3.37. The SMILES string of the molecule is C=C1/C=C(\CO)[C@H](CC)OC(=O)[C@H](C)C(=O)C(O)(CO)C/C(O)=C/[C@@H](C)C1. The van der Waals surface area contributed by atoms with E-state index < -0.39 is 42.4 Å². The molecule has 152 valence electrons. The van der Waals surface area contributed by atoms with E-state index in [1.807, 2.05) is 6.92 Å². The fourth-order valence-electron chi connectivity index (χ4n) is 3.12. The number of hydrogen-bond donors (Lipinski definition) is 4. The summed E-state index contributed by atoms with van der Waals surface area (Å²) >= 11 is 0. The number of aliphatic hydroxyl groups excluding tert-OH is 3. The van der Waals surface area contributed by atoms with Crippen LogP contribution in [0.1, 0.15) is 40.0 Å². The molecule has 0 spiro atoms. The van der Waals surface area contributed by atoms with Crippen LogP contribution in [0.4, 0.5) is 0 Å². The lowest BCUT2D eigenvalue weighted by molar-refractivity contribution is -0.162. The summed E-state index contributed by atoms with van der Waals surface area (Å²) in [5.41, 5.74) is -1.17. The summed E-state index contributed by atoms with van der Waals surface area (Å²) in [5.74, 6) is -3.61. The van der Waals surface area contributed by atoms with Crippen molar-refractivity contribution in [2.45, 2.75) is 51.7 Å². The fourth-order valence-corrected chi connectivity index (χ4v) is 3.12. The van der Waals surface area contributed by atoms with Gasteiger partial charge in [-0.3, -0.25) is 9.59 Å². The van der Waals surface area contributed by atoms with E-state index in [4.69, 9.17) is 4.74 Å². The first-order valence-corrected chi connectivity index (χ1v) is 9.04. The van der Waals surface area contributed by atoms with Crippen LogP contribution >= 0.6 is 0 Å². The molecule has 1 unspecified atom stereocenters.